The number of hydrogen-bond acceptors (Lipinski definition) is 3. The number of carbonyl (C=O) groups is 1. The number of rotatable bonds is 4. The van der Waals surface area contributed by atoms with Gasteiger partial charge in [-0.1, -0.05) is 24.3 Å². The fraction of sp³-hybridized carbons (Fsp3) is 0.316. The summed E-state index contributed by atoms with van der Waals surface area (Å²) in [6, 6.07) is 10.0. The van der Waals surface area contributed by atoms with Gasteiger partial charge in [-0.15, -0.1) is 0 Å². The molecule has 2 aromatic carbocycles. The van der Waals surface area contributed by atoms with Crippen LogP contribution in [0.4, 0.5) is 24.5 Å². The van der Waals surface area contributed by atoms with Gasteiger partial charge in [-0.25, -0.2) is 8.42 Å². The van der Waals surface area contributed by atoms with Gasteiger partial charge in [-0.3, -0.25) is 9.10 Å². The maximum absolute atomic E-state index is 13.1. The second kappa shape index (κ2) is 7.12. The number of para-hydroxylation sites is 1. The molecule has 0 N–H and O–H groups in total. The normalized spacial score (nSPS) is 15.2. The number of alkyl halides is 3. The van der Waals surface area contributed by atoms with E-state index in [0.717, 1.165) is 34.3 Å². The van der Waals surface area contributed by atoms with Crippen molar-refractivity contribution in [2.24, 2.45) is 0 Å². The summed E-state index contributed by atoms with van der Waals surface area (Å²) in [6.07, 6.45) is -3.12. The van der Waals surface area contributed by atoms with E-state index in [4.69, 9.17) is 0 Å². The Morgan fingerprint density at radius 2 is 1.82 bits per heavy atom. The standard InChI is InChI=1S/C19H19F3N2O3S/c1-13(18(25)23-11-10-14-6-3-4-9-17(14)23)24(28(2,26)27)16-8-5-7-15(12-16)19(20,21)22/h3-9,12-13H,10-11H2,1-2H3/t13-/m0/s1. The van der Waals surface area contributed by atoms with E-state index >= 15 is 0 Å². The fourth-order valence-electron chi connectivity index (χ4n) is 3.41. The highest BCUT2D eigenvalue weighted by Crippen LogP contribution is 2.34. The highest BCUT2D eigenvalue weighted by molar-refractivity contribution is 7.92. The molecule has 0 radical (unpaired) electrons. The van der Waals surface area contributed by atoms with Crippen LogP contribution in [-0.2, 0) is 27.4 Å². The summed E-state index contributed by atoms with van der Waals surface area (Å²) >= 11 is 0. The Morgan fingerprint density at radius 1 is 1.14 bits per heavy atom. The van der Waals surface area contributed by atoms with E-state index in [1.165, 1.54) is 17.9 Å². The second-order valence-electron chi connectivity index (χ2n) is 6.65. The second-order valence-corrected chi connectivity index (χ2v) is 8.51. The van der Waals surface area contributed by atoms with Crippen molar-refractivity contribution < 1.29 is 26.4 Å². The number of benzene rings is 2. The Kier molecular flexibility index (Phi) is 5.14. The first-order valence-electron chi connectivity index (χ1n) is 8.56. The molecule has 9 heteroatoms. The van der Waals surface area contributed by atoms with Gasteiger partial charge in [0.1, 0.15) is 6.04 Å². The third-order valence-electron chi connectivity index (χ3n) is 4.65. The zero-order chi connectivity index (χ0) is 20.7. The lowest BCUT2D eigenvalue weighted by molar-refractivity contribution is -0.137. The van der Waals surface area contributed by atoms with Gasteiger partial charge in [0.2, 0.25) is 10.0 Å². The third kappa shape index (κ3) is 3.84. The monoisotopic (exact) mass is 412 g/mol. The van der Waals surface area contributed by atoms with Crippen molar-refractivity contribution in [3.63, 3.8) is 0 Å². The predicted molar refractivity (Wildman–Crippen MR) is 101 cm³/mol. The molecule has 0 saturated carbocycles. The van der Waals surface area contributed by atoms with Crippen molar-refractivity contribution in [2.45, 2.75) is 25.6 Å². The molecule has 1 amide bonds. The van der Waals surface area contributed by atoms with Crippen LogP contribution in [-0.4, -0.2) is 33.2 Å². The number of amides is 1. The van der Waals surface area contributed by atoms with Gasteiger partial charge in [0.15, 0.2) is 0 Å². The Labute approximate surface area is 161 Å². The third-order valence-corrected chi connectivity index (χ3v) is 5.89. The minimum absolute atomic E-state index is 0.203. The molecule has 1 aliphatic heterocycles. The summed E-state index contributed by atoms with van der Waals surface area (Å²) < 4.78 is 64.7. The summed E-state index contributed by atoms with van der Waals surface area (Å²) in [5, 5.41) is 0. The van der Waals surface area contributed by atoms with Crippen LogP contribution in [0.3, 0.4) is 0 Å². The van der Waals surface area contributed by atoms with Crippen molar-refractivity contribution in [3.05, 3.63) is 59.7 Å². The highest BCUT2D eigenvalue weighted by Gasteiger charge is 2.36. The molecule has 1 heterocycles. The van der Waals surface area contributed by atoms with Gasteiger partial charge in [0, 0.05) is 12.2 Å². The minimum atomic E-state index is -4.62. The topological polar surface area (TPSA) is 57.7 Å². The van der Waals surface area contributed by atoms with Gasteiger partial charge >= 0.3 is 6.18 Å². The number of nitrogens with zero attached hydrogens (tertiary/aromatic N) is 2. The van der Waals surface area contributed by atoms with Crippen molar-refractivity contribution in [3.8, 4) is 0 Å². The van der Waals surface area contributed by atoms with E-state index in [0.29, 0.717) is 18.7 Å². The van der Waals surface area contributed by atoms with Crippen molar-refractivity contribution in [1.29, 1.82) is 0 Å². The molecule has 5 nitrogen and oxygen atoms in total. The van der Waals surface area contributed by atoms with Crippen LogP contribution in [0.25, 0.3) is 0 Å². The molecule has 0 spiro atoms. The maximum Gasteiger partial charge on any atom is 0.416 e. The summed E-state index contributed by atoms with van der Waals surface area (Å²) in [5.74, 6) is -0.493. The number of hydrogen-bond donors (Lipinski definition) is 0. The molecular formula is C19H19F3N2O3S. The Morgan fingerprint density at radius 3 is 2.46 bits per heavy atom. The van der Waals surface area contributed by atoms with Crippen LogP contribution in [0.1, 0.15) is 18.1 Å². The van der Waals surface area contributed by atoms with Gasteiger partial charge in [-0.05, 0) is 43.2 Å². The number of fused-ring (bicyclic) bond motifs is 1. The van der Waals surface area contributed by atoms with Crippen LogP contribution in [0.5, 0.6) is 0 Å². The maximum atomic E-state index is 13.1. The molecule has 0 unspecified atom stereocenters. The Hall–Kier alpha value is -2.55. The molecular weight excluding hydrogens is 393 g/mol. The highest BCUT2D eigenvalue weighted by atomic mass is 32.2. The summed E-state index contributed by atoms with van der Waals surface area (Å²) in [6.45, 7) is 1.77. The van der Waals surface area contributed by atoms with E-state index in [-0.39, 0.29) is 5.69 Å². The quantitative estimate of drug-likeness (QED) is 0.773. The van der Waals surface area contributed by atoms with Crippen LogP contribution in [0, 0.1) is 0 Å². The average Bonchev–Trinajstić information content (AvgIpc) is 3.03. The van der Waals surface area contributed by atoms with Gasteiger partial charge < -0.3 is 4.90 Å². The molecule has 0 bridgehead atoms. The Balaban J connectivity index is 1.99. The fourth-order valence-corrected chi connectivity index (χ4v) is 4.58. The first kappa shape index (κ1) is 20.2. The lowest BCUT2D eigenvalue weighted by atomic mass is 10.1. The number of anilines is 2. The average molecular weight is 412 g/mol. The molecule has 0 aliphatic carbocycles. The van der Waals surface area contributed by atoms with Crippen LogP contribution in [0.15, 0.2) is 48.5 Å². The zero-order valence-electron chi connectivity index (χ0n) is 15.3. The Bertz CT molecular complexity index is 1010. The summed E-state index contributed by atoms with van der Waals surface area (Å²) in [7, 11) is -4.01. The predicted octanol–water partition coefficient (Wildman–Crippen LogP) is 3.45. The van der Waals surface area contributed by atoms with E-state index in [1.54, 1.807) is 12.1 Å². The van der Waals surface area contributed by atoms with E-state index in [2.05, 4.69) is 0 Å². The lowest BCUT2D eigenvalue weighted by Crippen LogP contribution is -2.49. The molecule has 1 atom stereocenters. The number of carbonyl (C=O) groups excluding carboxylic acids is 1. The van der Waals surface area contributed by atoms with E-state index in [9.17, 15) is 26.4 Å². The number of sulfonamides is 1. The van der Waals surface area contributed by atoms with Crippen LogP contribution in [0.2, 0.25) is 0 Å². The number of halogens is 3. The van der Waals surface area contributed by atoms with Gasteiger partial charge in [0.25, 0.3) is 5.91 Å². The molecule has 28 heavy (non-hydrogen) atoms. The smallest absolute Gasteiger partial charge is 0.310 e. The van der Waals surface area contributed by atoms with Crippen LogP contribution >= 0.6 is 0 Å². The van der Waals surface area contributed by atoms with E-state index < -0.39 is 33.7 Å². The SMILES string of the molecule is C[C@@H](C(=O)N1CCc2ccccc21)N(c1cccc(C(F)(F)F)c1)S(C)(=O)=O. The molecule has 150 valence electrons. The minimum Gasteiger partial charge on any atom is -0.310 e. The zero-order valence-corrected chi connectivity index (χ0v) is 16.1. The molecule has 1 aliphatic rings. The van der Waals surface area contributed by atoms with Crippen LogP contribution < -0.4 is 9.21 Å². The van der Waals surface area contributed by atoms with Gasteiger partial charge in [-0.2, -0.15) is 13.2 Å². The summed E-state index contributed by atoms with van der Waals surface area (Å²) in [4.78, 5) is 14.5. The molecule has 0 fully saturated rings. The molecule has 0 aromatic heterocycles. The lowest BCUT2D eigenvalue weighted by Gasteiger charge is -2.31. The summed E-state index contributed by atoms with van der Waals surface area (Å²) in [5.41, 5.74) is 0.473. The first-order valence-corrected chi connectivity index (χ1v) is 10.4. The van der Waals surface area contributed by atoms with E-state index in [1.807, 2.05) is 12.1 Å². The largest absolute Gasteiger partial charge is 0.416 e. The van der Waals surface area contributed by atoms with Crippen molar-refractivity contribution in [2.75, 3.05) is 22.0 Å². The molecule has 2 aromatic rings. The van der Waals surface area contributed by atoms with Crippen molar-refractivity contribution >= 4 is 27.3 Å². The molecule has 3 rings (SSSR count). The molecule has 0 saturated heterocycles. The van der Waals surface area contributed by atoms with Gasteiger partial charge in [0.05, 0.1) is 17.5 Å². The van der Waals surface area contributed by atoms with Crippen molar-refractivity contribution in [1.82, 2.24) is 0 Å². The first-order chi connectivity index (χ1) is 13.0.